The Hall–Kier alpha value is -8.54. The highest BCUT2D eigenvalue weighted by Crippen LogP contribution is 2.49. The minimum atomic E-state index is -0.837. The number of amides is 6. The summed E-state index contributed by atoms with van der Waals surface area (Å²) in [6, 6.07) is 20.3. The largest absolute Gasteiger partial charge is 0.489 e. The lowest BCUT2D eigenvalue weighted by Gasteiger charge is -2.35. The van der Waals surface area contributed by atoms with Gasteiger partial charge in [0.25, 0.3) is 23.6 Å². The summed E-state index contributed by atoms with van der Waals surface area (Å²) in [4.78, 5) is 93.5. The van der Waals surface area contributed by atoms with E-state index < -0.39 is 47.9 Å². The van der Waals surface area contributed by atoms with Crippen LogP contribution in [0.15, 0.2) is 72.8 Å². The van der Waals surface area contributed by atoms with Crippen molar-refractivity contribution in [3.05, 3.63) is 95.1 Å². The van der Waals surface area contributed by atoms with Gasteiger partial charge in [-0.3, -0.25) is 39.6 Å². The van der Waals surface area contributed by atoms with Gasteiger partial charge in [0.2, 0.25) is 11.5 Å². The Morgan fingerprint density at radius 1 is 0.250 bits per heavy atom. The van der Waals surface area contributed by atoms with Crippen LogP contribution in [-0.4, -0.2) is 111 Å². The van der Waals surface area contributed by atoms with Crippen molar-refractivity contribution in [1.29, 1.82) is 0 Å². The van der Waals surface area contributed by atoms with Gasteiger partial charge in [-0.1, -0.05) is 440 Å². The first-order valence-corrected chi connectivity index (χ1v) is 57.5. The SMILES string of the molecule is CCCCCCCCCCCCOc1cc(NC(=O)OC[C@H](CC(C)C)N2C(=O)c3ccc4c5ccc6c7c(ccc(c8ccc(c3c48)C2=O)c75)C(=O)N([C@H](COC(=O)Nc2cc(OCCCCCCCCCCCC)c(OCCCCCCCCCCCC)c(OCCCCCCCCCCCC)c2)CC(C)C)C6=O)cc(OCCCCCCCCCCCC)c1OCCCCCCCCCCCC. The number of carbonyl (C=O) groups excluding carboxylic acids is 6. The zero-order valence-electron chi connectivity index (χ0n) is 89.3. The van der Waals surface area contributed by atoms with Gasteiger partial charge in [0.05, 0.1) is 63.1 Å². The van der Waals surface area contributed by atoms with Crippen LogP contribution in [0.3, 0.4) is 0 Å². The molecule has 0 bridgehead atoms. The first-order valence-electron chi connectivity index (χ1n) is 57.5. The number of hydrogen-bond donors (Lipinski definition) is 2. The van der Waals surface area contributed by atoms with Crippen LogP contribution >= 0.6 is 0 Å². The fraction of sp³-hybridized carbons (Fsp3) is 0.689. The Labute approximate surface area is 846 Å². The first kappa shape index (κ1) is 115. The van der Waals surface area contributed by atoms with E-state index in [4.69, 9.17) is 37.9 Å². The third-order valence-corrected chi connectivity index (χ3v) is 28.8. The van der Waals surface area contributed by atoms with Gasteiger partial charge in [-0.05, 0) is 120 Å². The number of hydrogen-bond acceptors (Lipinski definition) is 14. The van der Waals surface area contributed by atoms with Crippen molar-refractivity contribution in [3.8, 4) is 34.5 Å². The third-order valence-electron chi connectivity index (χ3n) is 28.8. The van der Waals surface area contributed by atoms with Crippen LogP contribution in [-0.2, 0) is 9.47 Å². The quantitative estimate of drug-likeness (QED) is 0.0157. The lowest BCUT2D eigenvalue weighted by atomic mass is 9.81. The maximum absolute atomic E-state index is 15.5. The molecule has 2 aliphatic heterocycles. The first-order chi connectivity index (χ1) is 68.6. The summed E-state index contributed by atoms with van der Waals surface area (Å²) >= 11 is 0. The summed E-state index contributed by atoms with van der Waals surface area (Å²) < 4.78 is 52.6. The molecule has 7 aromatic rings. The van der Waals surface area contributed by atoms with Crippen LogP contribution in [0.25, 0.3) is 43.1 Å². The van der Waals surface area contributed by atoms with Crippen molar-refractivity contribution in [2.45, 2.75) is 479 Å². The Kier molecular flexibility index (Phi) is 55.8. The topological polar surface area (TPSA) is 207 Å². The van der Waals surface area contributed by atoms with Crippen LogP contribution in [0.5, 0.6) is 34.5 Å². The summed E-state index contributed by atoms with van der Waals surface area (Å²) in [5.74, 6) is 1.11. The van der Waals surface area contributed by atoms with Crippen molar-refractivity contribution in [3.63, 3.8) is 0 Å². The molecule has 18 heteroatoms. The molecule has 0 aromatic heterocycles. The van der Waals surface area contributed by atoms with Crippen molar-refractivity contribution in [2.75, 3.05) is 63.5 Å². The molecule has 0 spiro atoms. The second-order valence-electron chi connectivity index (χ2n) is 41.9. The highest BCUT2D eigenvalue weighted by molar-refractivity contribution is 6.41. The van der Waals surface area contributed by atoms with Crippen LogP contribution in [0.2, 0.25) is 0 Å². The summed E-state index contributed by atoms with van der Waals surface area (Å²) in [5.41, 5.74) is 2.19. The lowest BCUT2D eigenvalue weighted by molar-refractivity contribution is 0.0411. The van der Waals surface area contributed by atoms with Gasteiger partial charge in [0.15, 0.2) is 23.0 Å². The number of benzene rings is 7. The van der Waals surface area contributed by atoms with E-state index >= 15 is 19.2 Å². The Bertz CT molecular complexity index is 4200. The monoisotopic (exact) mass is 1930 g/mol. The molecule has 780 valence electrons. The van der Waals surface area contributed by atoms with Gasteiger partial charge in [0.1, 0.15) is 13.2 Å². The molecular formula is C122H188N4O14. The molecule has 18 nitrogen and oxygen atoms in total. The smallest absolute Gasteiger partial charge is 0.411 e. The highest BCUT2D eigenvalue weighted by Gasteiger charge is 2.42. The van der Waals surface area contributed by atoms with Crippen LogP contribution in [0, 0.1) is 11.8 Å². The predicted octanol–water partition coefficient (Wildman–Crippen LogP) is 36.1. The minimum absolute atomic E-state index is 0.00971. The number of anilines is 2. The zero-order valence-corrected chi connectivity index (χ0v) is 89.3. The summed E-state index contributed by atoms with van der Waals surface area (Å²) in [6.45, 7) is 24.1. The van der Waals surface area contributed by atoms with E-state index in [9.17, 15) is 9.59 Å². The molecule has 0 aliphatic carbocycles. The molecule has 6 amide bonds. The number of unbranched alkanes of at least 4 members (excludes halogenated alkanes) is 54. The van der Waals surface area contributed by atoms with E-state index in [1.165, 1.54) is 279 Å². The number of ether oxygens (including phenoxy) is 8. The van der Waals surface area contributed by atoms with Crippen LogP contribution in [0.4, 0.5) is 21.0 Å². The molecular weight excluding hydrogens is 1750 g/mol. The molecule has 0 fully saturated rings. The lowest BCUT2D eigenvalue weighted by Crippen LogP contribution is -2.50. The number of nitrogens with one attached hydrogen (secondary N) is 2. The molecule has 2 atom stereocenters. The van der Waals surface area contributed by atoms with Gasteiger partial charge < -0.3 is 37.9 Å². The zero-order chi connectivity index (χ0) is 99.5. The minimum Gasteiger partial charge on any atom is -0.489 e. The number of carbonyl (C=O) groups is 6. The van der Waals surface area contributed by atoms with E-state index in [2.05, 4.69) is 52.2 Å². The fourth-order valence-corrected chi connectivity index (χ4v) is 20.8. The number of nitrogens with zero attached hydrogens (tertiary/aromatic N) is 2. The second-order valence-corrected chi connectivity index (χ2v) is 41.9. The van der Waals surface area contributed by atoms with Crippen molar-refractivity contribution in [2.24, 2.45) is 11.8 Å². The standard InChI is InChI=1S/C122H188N4O14/c1-11-17-23-29-35-41-47-53-59-65-79-133-107-87-95(88-108(134-80-66-60-54-48-42-36-30-24-18-12-2)115(107)137-83-69-63-57-51-45-39-33-27-21-15-5)123-121(131)139-91-97(85-93(7)8)125-117(127)103-75-71-99-101-73-77-105-114-106(78-74-102(112(101)114)100-72-76-104(118(125)128)113(103)111(99)100)120(130)126(119(105)129)98(86-94(9)10)92-140-122(132)124-96-89-109(135-81-67-61-55-49-43-37-31-25-19-13-3)116(138-84-70-64-58-52-46-40-34-28-22-16-6)110(90-96)136-82-68-62-56-50-44-38-32-26-20-14-4/h71-78,87-90,93-94,97-98H,11-70,79-86,91-92H2,1-10H3,(H,123,131)(H,124,132)/t97-,98-/m0/s1. The Morgan fingerprint density at radius 2 is 0.436 bits per heavy atom. The summed E-state index contributed by atoms with van der Waals surface area (Å²) in [5, 5.41) is 11.5. The third kappa shape index (κ3) is 38.5. The van der Waals surface area contributed by atoms with Crippen LogP contribution in [0.1, 0.15) is 509 Å². The average Bonchev–Trinajstić information content (AvgIpc) is 0.687. The van der Waals surface area contributed by atoms with Crippen molar-refractivity contribution in [1.82, 2.24) is 9.80 Å². The van der Waals surface area contributed by atoms with E-state index in [-0.39, 0.29) is 25.0 Å². The van der Waals surface area contributed by atoms with E-state index in [1.54, 1.807) is 24.3 Å². The van der Waals surface area contributed by atoms with Gasteiger partial charge in [-0.2, -0.15) is 0 Å². The van der Waals surface area contributed by atoms with E-state index in [0.717, 1.165) is 148 Å². The van der Waals surface area contributed by atoms with Gasteiger partial charge in [0, 0.05) is 57.3 Å². The molecule has 2 heterocycles. The average molecular weight is 1930 g/mol. The van der Waals surface area contributed by atoms with Gasteiger partial charge >= 0.3 is 12.2 Å². The maximum Gasteiger partial charge on any atom is 0.411 e. The molecule has 2 N–H and O–H groups in total. The summed E-state index contributed by atoms with van der Waals surface area (Å²) in [7, 11) is 0. The molecule has 7 aromatic carbocycles. The molecule has 9 rings (SSSR count). The maximum atomic E-state index is 15.5. The molecule has 0 radical (unpaired) electrons. The van der Waals surface area contributed by atoms with Crippen molar-refractivity contribution >= 4 is 90.3 Å². The number of fused-ring (bicyclic) bond motifs is 2. The molecule has 0 unspecified atom stereocenters. The molecule has 0 saturated heterocycles. The number of rotatable bonds is 84. The molecule has 2 aliphatic rings. The van der Waals surface area contributed by atoms with Gasteiger partial charge in [-0.15, -0.1) is 0 Å². The Balaban J connectivity index is 0.913. The van der Waals surface area contributed by atoms with E-state index in [0.29, 0.717) is 131 Å². The van der Waals surface area contributed by atoms with E-state index in [1.807, 2.05) is 76.2 Å². The Morgan fingerprint density at radius 3 is 0.629 bits per heavy atom. The second kappa shape index (κ2) is 67.9. The molecule has 0 saturated carbocycles. The normalized spacial score (nSPS) is 13.1. The fourth-order valence-electron chi connectivity index (χ4n) is 20.8. The number of imide groups is 2. The summed E-state index contributed by atoms with van der Waals surface area (Å²) in [6.07, 6.45) is 71.4. The predicted molar refractivity (Wildman–Crippen MR) is 582 cm³/mol. The highest BCUT2D eigenvalue weighted by atomic mass is 16.6. The molecule has 140 heavy (non-hydrogen) atoms. The van der Waals surface area contributed by atoms with Gasteiger partial charge in [-0.25, -0.2) is 9.59 Å². The van der Waals surface area contributed by atoms with Crippen LogP contribution < -0.4 is 39.1 Å². The van der Waals surface area contributed by atoms with Crippen molar-refractivity contribution < 1.29 is 66.7 Å².